The van der Waals surface area contributed by atoms with E-state index in [1.807, 2.05) is 6.92 Å². The van der Waals surface area contributed by atoms with Gasteiger partial charge in [-0.25, -0.2) is 0 Å². The average molecular weight is 342 g/mol. The molecule has 0 aliphatic heterocycles. The summed E-state index contributed by atoms with van der Waals surface area (Å²) in [6.45, 7) is 4.68. The zero-order chi connectivity index (χ0) is 14.4. The predicted octanol–water partition coefficient (Wildman–Crippen LogP) is 2.89. The molecule has 0 saturated heterocycles. The summed E-state index contributed by atoms with van der Waals surface area (Å²) in [7, 11) is 0. The van der Waals surface area contributed by atoms with Gasteiger partial charge in [-0.1, -0.05) is 30.1 Å². The van der Waals surface area contributed by atoms with Crippen LogP contribution in [-0.2, 0) is 4.79 Å². The van der Waals surface area contributed by atoms with Gasteiger partial charge in [0, 0.05) is 16.6 Å². The van der Waals surface area contributed by atoms with Crippen LogP contribution in [0.3, 0.4) is 0 Å². The Morgan fingerprint density at radius 1 is 1.30 bits per heavy atom. The summed E-state index contributed by atoms with van der Waals surface area (Å²) >= 11 is 11.7. The molecule has 1 rings (SSSR count). The Hall–Kier alpha value is -0.680. The van der Waals surface area contributed by atoms with E-state index in [1.54, 1.807) is 25.1 Å². The van der Waals surface area contributed by atoms with Gasteiger partial charge in [0.05, 0.1) is 0 Å². The van der Waals surface area contributed by atoms with Crippen LogP contribution in [-0.4, -0.2) is 25.1 Å². The molecule has 7 heteroatoms. The van der Waals surface area contributed by atoms with E-state index in [-0.39, 0.29) is 24.2 Å². The number of ether oxygens (including phenoxy) is 1. The van der Waals surface area contributed by atoms with E-state index < -0.39 is 6.10 Å². The maximum atomic E-state index is 11.8. The molecule has 1 aromatic rings. The third kappa shape index (κ3) is 6.66. The molecule has 0 bridgehead atoms. The van der Waals surface area contributed by atoms with Crippen LogP contribution in [0.2, 0.25) is 10.0 Å². The molecule has 2 atom stereocenters. The minimum Gasteiger partial charge on any atom is -0.481 e. The van der Waals surface area contributed by atoms with Crippen LogP contribution in [0.4, 0.5) is 0 Å². The van der Waals surface area contributed by atoms with Crippen LogP contribution in [0.15, 0.2) is 18.2 Å². The number of hydrogen-bond donors (Lipinski definition) is 2. The summed E-state index contributed by atoms with van der Waals surface area (Å²) in [5.41, 5.74) is 5.48. The fraction of sp³-hybridized carbons (Fsp3) is 0.462. The molecule has 0 heterocycles. The highest BCUT2D eigenvalue weighted by atomic mass is 35.5. The number of carbonyl (C=O) groups is 1. The van der Waals surface area contributed by atoms with Crippen LogP contribution in [0.25, 0.3) is 0 Å². The van der Waals surface area contributed by atoms with E-state index >= 15 is 0 Å². The monoisotopic (exact) mass is 340 g/mol. The van der Waals surface area contributed by atoms with Gasteiger partial charge in [0.1, 0.15) is 5.75 Å². The topological polar surface area (TPSA) is 64.3 Å². The molecule has 0 saturated carbocycles. The number of carbonyl (C=O) groups excluding carboxylic acids is 1. The van der Waals surface area contributed by atoms with E-state index in [9.17, 15) is 4.79 Å². The third-order valence-corrected chi connectivity index (χ3v) is 2.98. The Morgan fingerprint density at radius 2 is 1.85 bits per heavy atom. The number of rotatable bonds is 6. The summed E-state index contributed by atoms with van der Waals surface area (Å²) in [6, 6.07) is 4.82. The van der Waals surface area contributed by atoms with Crippen LogP contribution >= 0.6 is 35.6 Å². The van der Waals surface area contributed by atoms with E-state index in [1.165, 1.54) is 0 Å². The Balaban J connectivity index is 0.00000361. The Morgan fingerprint density at radius 3 is 2.35 bits per heavy atom. The first kappa shape index (κ1) is 19.3. The van der Waals surface area contributed by atoms with Crippen molar-refractivity contribution in [3.8, 4) is 5.75 Å². The van der Waals surface area contributed by atoms with Gasteiger partial charge in [-0.3, -0.25) is 4.79 Å². The molecule has 0 radical (unpaired) electrons. The lowest BCUT2D eigenvalue weighted by atomic mass is 10.2. The van der Waals surface area contributed by atoms with Crippen molar-refractivity contribution in [2.75, 3.05) is 13.1 Å². The lowest BCUT2D eigenvalue weighted by molar-refractivity contribution is -0.127. The Labute approximate surface area is 135 Å². The van der Waals surface area contributed by atoms with Gasteiger partial charge < -0.3 is 15.8 Å². The third-order valence-electron chi connectivity index (χ3n) is 2.55. The number of nitrogens with one attached hydrogen (secondary N) is 1. The van der Waals surface area contributed by atoms with Crippen molar-refractivity contribution in [2.45, 2.75) is 20.0 Å². The largest absolute Gasteiger partial charge is 0.481 e. The molecule has 1 amide bonds. The molecular weight excluding hydrogens is 323 g/mol. The molecule has 4 nitrogen and oxygen atoms in total. The molecule has 3 N–H and O–H groups in total. The second-order valence-corrected chi connectivity index (χ2v) is 5.32. The molecule has 0 aliphatic rings. The number of hydrogen-bond acceptors (Lipinski definition) is 3. The average Bonchev–Trinajstić information content (AvgIpc) is 2.33. The molecule has 1 aromatic carbocycles. The van der Waals surface area contributed by atoms with Crippen LogP contribution in [0, 0.1) is 5.92 Å². The quantitative estimate of drug-likeness (QED) is 0.836. The van der Waals surface area contributed by atoms with Crippen molar-refractivity contribution in [1.82, 2.24) is 5.32 Å². The van der Waals surface area contributed by atoms with Gasteiger partial charge in [-0.05, 0) is 37.6 Å². The number of halogens is 3. The number of amides is 1. The van der Waals surface area contributed by atoms with E-state index in [4.69, 9.17) is 33.7 Å². The van der Waals surface area contributed by atoms with Crippen molar-refractivity contribution >= 4 is 41.5 Å². The standard InChI is InChI=1S/C13H18Cl2N2O2.ClH/c1-8(6-16)7-17-13(18)9(2)19-12-4-10(14)3-11(15)5-12;/h3-5,8-9H,6-7,16H2,1-2H3,(H,17,18);1H. The highest BCUT2D eigenvalue weighted by Gasteiger charge is 2.15. The summed E-state index contributed by atoms with van der Waals surface area (Å²) in [5, 5.41) is 3.70. The molecule has 0 aliphatic carbocycles. The minimum atomic E-state index is -0.625. The minimum absolute atomic E-state index is 0. The van der Waals surface area contributed by atoms with Crippen LogP contribution in [0.1, 0.15) is 13.8 Å². The van der Waals surface area contributed by atoms with Crippen LogP contribution < -0.4 is 15.8 Å². The van der Waals surface area contributed by atoms with E-state index in [0.717, 1.165) is 0 Å². The smallest absolute Gasteiger partial charge is 0.260 e. The molecule has 0 aromatic heterocycles. The summed E-state index contributed by atoms with van der Waals surface area (Å²) in [5.74, 6) is 0.500. The summed E-state index contributed by atoms with van der Waals surface area (Å²) in [6.07, 6.45) is -0.625. The van der Waals surface area contributed by atoms with E-state index in [2.05, 4.69) is 5.32 Å². The first-order chi connectivity index (χ1) is 8.92. The van der Waals surface area contributed by atoms with E-state index in [0.29, 0.717) is 28.9 Å². The molecule has 114 valence electrons. The van der Waals surface area contributed by atoms with Gasteiger partial charge in [0.25, 0.3) is 5.91 Å². The first-order valence-electron chi connectivity index (χ1n) is 6.03. The van der Waals surface area contributed by atoms with Crippen LogP contribution in [0.5, 0.6) is 5.75 Å². The maximum absolute atomic E-state index is 11.8. The second kappa shape index (κ2) is 9.29. The molecule has 0 spiro atoms. The number of nitrogens with two attached hydrogens (primary N) is 1. The fourth-order valence-electron chi connectivity index (χ4n) is 1.36. The fourth-order valence-corrected chi connectivity index (χ4v) is 1.86. The molecular formula is C13H19Cl3N2O2. The predicted molar refractivity (Wildman–Crippen MR) is 85.0 cm³/mol. The Kier molecular flexibility index (Phi) is 8.98. The maximum Gasteiger partial charge on any atom is 0.260 e. The second-order valence-electron chi connectivity index (χ2n) is 4.45. The van der Waals surface area contributed by atoms with Gasteiger partial charge in [0.2, 0.25) is 0 Å². The summed E-state index contributed by atoms with van der Waals surface area (Å²) in [4.78, 5) is 11.8. The van der Waals surface area contributed by atoms with Gasteiger partial charge in [-0.2, -0.15) is 0 Å². The first-order valence-corrected chi connectivity index (χ1v) is 6.78. The number of benzene rings is 1. The lowest BCUT2D eigenvalue weighted by Crippen LogP contribution is -2.39. The van der Waals surface area contributed by atoms with Crippen molar-refractivity contribution < 1.29 is 9.53 Å². The lowest BCUT2D eigenvalue weighted by Gasteiger charge is -2.16. The van der Waals surface area contributed by atoms with Crippen molar-refractivity contribution in [1.29, 1.82) is 0 Å². The highest BCUT2D eigenvalue weighted by Crippen LogP contribution is 2.24. The van der Waals surface area contributed by atoms with Crippen molar-refractivity contribution in [3.05, 3.63) is 28.2 Å². The molecule has 20 heavy (non-hydrogen) atoms. The molecule has 0 fully saturated rings. The van der Waals surface area contributed by atoms with Crippen molar-refractivity contribution in [2.24, 2.45) is 11.7 Å². The normalized spacial score (nSPS) is 13.1. The molecule has 2 unspecified atom stereocenters. The van der Waals surface area contributed by atoms with Gasteiger partial charge >= 0.3 is 0 Å². The SMILES string of the molecule is CC(CN)CNC(=O)C(C)Oc1cc(Cl)cc(Cl)c1.Cl. The highest BCUT2D eigenvalue weighted by molar-refractivity contribution is 6.34. The van der Waals surface area contributed by atoms with Gasteiger partial charge in [-0.15, -0.1) is 12.4 Å². The zero-order valence-corrected chi connectivity index (χ0v) is 13.7. The summed E-state index contributed by atoms with van der Waals surface area (Å²) < 4.78 is 5.49. The van der Waals surface area contributed by atoms with Crippen molar-refractivity contribution in [3.63, 3.8) is 0 Å². The zero-order valence-electron chi connectivity index (χ0n) is 11.4. The Bertz CT molecular complexity index is 423. The van der Waals surface area contributed by atoms with Gasteiger partial charge in [0.15, 0.2) is 6.10 Å².